The summed E-state index contributed by atoms with van der Waals surface area (Å²) in [5.41, 5.74) is -1.58. The van der Waals surface area contributed by atoms with Crippen molar-refractivity contribution in [1.29, 1.82) is 0 Å². The number of alkyl halides is 3. The Morgan fingerprint density at radius 1 is 1.22 bits per heavy atom. The molecule has 2 heterocycles. The Bertz CT molecular complexity index is 1430. The van der Waals surface area contributed by atoms with Gasteiger partial charge in [0.15, 0.2) is 0 Å². The number of aromatic nitrogens is 2. The second-order valence-electron chi connectivity index (χ2n) is 7.70. The third-order valence-electron chi connectivity index (χ3n) is 4.77. The average Bonchev–Trinajstić information content (AvgIpc) is 3.23. The predicted molar refractivity (Wildman–Crippen MR) is 126 cm³/mol. The molecule has 0 spiro atoms. The van der Waals surface area contributed by atoms with Crippen molar-refractivity contribution >= 4 is 27.3 Å². The Labute approximate surface area is 207 Å². The Morgan fingerprint density at radius 3 is 2.53 bits per heavy atom. The minimum absolute atomic E-state index is 0.00217. The molecule has 0 aliphatic heterocycles. The number of H-pyrrole nitrogens is 1. The Hall–Kier alpha value is -3.26. The van der Waals surface area contributed by atoms with Gasteiger partial charge in [-0.1, -0.05) is 6.92 Å². The van der Waals surface area contributed by atoms with Crippen LogP contribution in [0.15, 0.2) is 35.3 Å². The minimum atomic E-state index is -4.32. The number of hydrogen-bond donors (Lipinski definition) is 2. The van der Waals surface area contributed by atoms with E-state index in [0.29, 0.717) is 6.42 Å². The molecule has 8 nitrogen and oxygen atoms in total. The number of ether oxygens (including phenoxy) is 1. The van der Waals surface area contributed by atoms with Gasteiger partial charge in [-0.3, -0.25) is 9.59 Å². The third-order valence-corrected chi connectivity index (χ3v) is 6.51. The molecule has 2 aromatic heterocycles. The van der Waals surface area contributed by atoms with E-state index < -0.39 is 45.5 Å². The fraction of sp³-hybridized carbons (Fsp3) is 0.318. The number of aryl methyl sites for hydroxylation is 1. The van der Waals surface area contributed by atoms with Crippen LogP contribution in [0, 0.1) is 5.82 Å². The number of rotatable bonds is 9. The van der Waals surface area contributed by atoms with Crippen LogP contribution < -0.4 is 15.0 Å². The van der Waals surface area contributed by atoms with Gasteiger partial charge in [-0.25, -0.2) is 22.5 Å². The number of carbonyl (C=O) groups is 1. The number of pyridine rings is 1. The molecule has 0 atom stereocenters. The minimum Gasteiger partial charge on any atom is -0.493 e. The van der Waals surface area contributed by atoms with Crippen molar-refractivity contribution in [1.82, 2.24) is 14.7 Å². The van der Waals surface area contributed by atoms with Gasteiger partial charge in [0.25, 0.3) is 11.5 Å². The van der Waals surface area contributed by atoms with Crippen LogP contribution in [-0.2, 0) is 16.4 Å². The zero-order valence-electron chi connectivity index (χ0n) is 19.0. The smallest absolute Gasteiger partial charge is 0.389 e. The monoisotopic (exact) mass is 547 g/mol. The average molecular weight is 548 g/mol. The zero-order valence-corrected chi connectivity index (χ0v) is 20.7. The van der Waals surface area contributed by atoms with Crippen molar-refractivity contribution in [3.63, 3.8) is 0 Å². The van der Waals surface area contributed by atoms with E-state index in [1.54, 1.807) is 10.9 Å². The number of nitrogens with one attached hydrogen (secondary N) is 2. The van der Waals surface area contributed by atoms with Crippen LogP contribution >= 0.6 is 11.3 Å². The van der Waals surface area contributed by atoms with E-state index in [1.165, 1.54) is 29.5 Å². The summed E-state index contributed by atoms with van der Waals surface area (Å²) in [4.78, 5) is 32.9. The number of halogens is 4. The molecule has 1 aromatic carbocycles. The highest BCUT2D eigenvalue weighted by atomic mass is 32.2. The number of sulfonamides is 1. The van der Waals surface area contributed by atoms with Gasteiger partial charge >= 0.3 is 6.18 Å². The number of thiazole rings is 1. The molecule has 36 heavy (non-hydrogen) atoms. The molecule has 1 amide bonds. The van der Waals surface area contributed by atoms with Crippen molar-refractivity contribution in [2.24, 2.45) is 0 Å². The molecule has 3 aromatic rings. The van der Waals surface area contributed by atoms with E-state index in [0.717, 1.165) is 17.2 Å². The maximum Gasteiger partial charge on any atom is 0.389 e. The van der Waals surface area contributed by atoms with E-state index in [1.807, 2.05) is 6.92 Å². The summed E-state index contributed by atoms with van der Waals surface area (Å²) in [7, 11) is -3.98. The first-order valence-corrected chi connectivity index (χ1v) is 13.2. The lowest BCUT2D eigenvalue weighted by atomic mass is 10.0. The van der Waals surface area contributed by atoms with Crippen molar-refractivity contribution in [2.45, 2.75) is 32.4 Å². The van der Waals surface area contributed by atoms with E-state index in [-0.39, 0.29) is 40.6 Å². The lowest BCUT2D eigenvalue weighted by Crippen LogP contribution is -2.34. The van der Waals surface area contributed by atoms with Crippen LogP contribution in [0.4, 0.5) is 17.6 Å². The van der Waals surface area contributed by atoms with E-state index in [9.17, 15) is 35.6 Å². The lowest BCUT2D eigenvalue weighted by Gasteiger charge is -2.12. The van der Waals surface area contributed by atoms with E-state index in [2.05, 4.69) is 9.97 Å². The Morgan fingerprint density at radius 2 is 1.94 bits per heavy atom. The summed E-state index contributed by atoms with van der Waals surface area (Å²) in [6.07, 6.45) is -2.72. The lowest BCUT2D eigenvalue weighted by molar-refractivity contribution is -0.136. The maximum atomic E-state index is 14.9. The molecular formula is C22H21F4N3O5S2. The van der Waals surface area contributed by atoms with Gasteiger partial charge in [-0.15, -0.1) is 11.3 Å². The first-order chi connectivity index (χ1) is 16.8. The van der Waals surface area contributed by atoms with E-state index in [4.69, 9.17) is 4.74 Å². The normalized spacial score (nSPS) is 11.9. The van der Waals surface area contributed by atoms with Gasteiger partial charge < -0.3 is 9.72 Å². The molecule has 0 saturated heterocycles. The van der Waals surface area contributed by atoms with Crippen LogP contribution in [-0.4, -0.2) is 43.3 Å². The van der Waals surface area contributed by atoms with Gasteiger partial charge in [0.05, 0.1) is 18.6 Å². The second-order valence-corrected chi connectivity index (χ2v) is 10.6. The molecule has 3 rings (SSSR count). The van der Waals surface area contributed by atoms with Crippen molar-refractivity contribution in [3.05, 3.63) is 57.1 Å². The summed E-state index contributed by atoms with van der Waals surface area (Å²) in [6, 6.07) is 4.86. The molecular weight excluding hydrogens is 526 g/mol. The van der Waals surface area contributed by atoms with Gasteiger partial charge in [-0.05, 0) is 31.0 Å². The topological polar surface area (TPSA) is 118 Å². The van der Waals surface area contributed by atoms with Gasteiger partial charge in [-0.2, -0.15) is 13.2 Å². The van der Waals surface area contributed by atoms with Crippen molar-refractivity contribution in [2.75, 3.05) is 12.9 Å². The quantitative estimate of drug-likeness (QED) is 0.305. The van der Waals surface area contributed by atoms with Crippen LogP contribution in [0.1, 0.15) is 35.0 Å². The molecule has 194 valence electrons. The number of hydrogen-bond acceptors (Lipinski definition) is 7. The van der Waals surface area contributed by atoms with Crippen LogP contribution in [0.5, 0.6) is 5.75 Å². The van der Waals surface area contributed by atoms with Gasteiger partial charge in [0, 0.05) is 34.7 Å². The number of nitrogens with zero attached hydrogens (tertiary/aromatic N) is 1. The third kappa shape index (κ3) is 7.13. The molecule has 0 radical (unpaired) electrons. The van der Waals surface area contributed by atoms with Gasteiger partial charge in [0.2, 0.25) is 10.0 Å². The molecule has 0 unspecified atom stereocenters. The molecule has 0 aliphatic rings. The zero-order chi connectivity index (χ0) is 26.7. The van der Waals surface area contributed by atoms with Gasteiger partial charge in [0.1, 0.15) is 22.1 Å². The summed E-state index contributed by atoms with van der Waals surface area (Å²) >= 11 is 1.18. The second kappa shape index (κ2) is 10.8. The summed E-state index contributed by atoms with van der Waals surface area (Å²) < 4.78 is 81.7. The summed E-state index contributed by atoms with van der Waals surface area (Å²) in [6.45, 7) is 1.60. The molecule has 0 bridgehead atoms. The summed E-state index contributed by atoms with van der Waals surface area (Å²) in [5.74, 6) is -2.01. The highest BCUT2D eigenvalue weighted by Crippen LogP contribution is 2.32. The number of aromatic amines is 1. The molecule has 0 fully saturated rings. The first kappa shape index (κ1) is 27.3. The largest absolute Gasteiger partial charge is 0.493 e. The Balaban J connectivity index is 1.99. The molecule has 0 saturated carbocycles. The van der Waals surface area contributed by atoms with E-state index >= 15 is 0 Å². The SMILES string of the molecule is CCc1cnc(-c2cc(-c3ccc(OCCCC(F)(F)F)cc3F)[nH]c(=O)c2C(=O)NS(C)(=O)=O)s1. The van der Waals surface area contributed by atoms with Crippen molar-refractivity contribution in [3.8, 4) is 27.6 Å². The van der Waals surface area contributed by atoms with Crippen LogP contribution in [0.2, 0.25) is 0 Å². The summed E-state index contributed by atoms with van der Waals surface area (Å²) in [5, 5.41) is 0.253. The number of carbonyl (C=O) groups excluding carboxylic acids is 1. The Kier molecular flexibility index (Phi) is 8.19. The number of amides is 1. The highest BCUT2D eigenvalue weighted by molar-refractivity contribution is 7.89. The first-order valence-electron chi connectivity index (χ1n) is 10.5. The molecule has 2 N–H and O–H groups in total. The molecule has 14 heteroatoms. The standard InChI is InChI=1S/C22H21F4N3O5S2/c1-3-13-11-27-21(35-13)15-10-17(28-19(30)18(15)20(31)29-36(2,32)33)14-6-5-12(9-16(14)23)34-8-4-7-22(24,25)26/h5-6,9-11H,3-4,7-8H2,1-2H3,(H,28,30)(H,29,31). The fourth-order valence-corrected chi connectivity index (χ4v) is 4.49. The molecule has 0 aliphatic carbocycles. The highest BCUT2D eigenvalue weighted by Gasteiger charge is 2.26. The van der Waals surface area contributed by atoms with Crippen LogP contribution in [0.25, 0.3) is 21.8 Å². The van der Waals surface area contributed by atoms with Crippen LogP contribution in [0.3, 0.4) is 0 Å². The fourth-order valence-electron chi connectivity index (χ4n) is 3.18. The van der Waals surface area contributed by atoms with Crippen molar-refractivity contribution < 1.29 is 35.5 Å². The predicted octanol–water partition coefficient (Wildman–Crippen LogP) is 4.28. The maximum absolute atomic E-state index is 14.9. The number of benzene rings is 1.